The van der Waals surface area contributed by atoms with Gasteiger partial charge in [-0.05, 0) is 46.1 Å². The van der Waals surface area contributed by atoms with E-state index in [4.69, 9.17) is 13.9 Å². The average Bonchev–Trinajstić information content (AvgIpc) is 3.39. The number of carbonyl (C=O) groups is 3. The number of thioether (sulfide) groups is 1. The molecule has 10 heteroatoms. The van der Waals surface area contributed by atoms with Gasteiger partial charge in [0.2, 0.25) is 5.78 Å². The van der Waals surface area contributed by atoms with Crippen LogP contribution in [0.5, 0.6) is 0 Å². The average molecular weight is 458 g/mol. The van der Waals surface area contributed by atoms with Crippen molar-refractivity contribution in [2.75, 3.05) is 19.5 Å². The van der Waals surface area contributed by atoms with E-state index in [1.165, 1.54) is 18.0 Å². The molecule has 0 amide bonds. The molecule has 0 saturated heterocycles. The topological polar surface area (TPSA) is 124 Å². The van der Waals surface area contributed by atoms with Crippen LogP contribution in [0.15, 0.2) is 27.8 Å². The lowest BCUT2D eigenvalue weighted by molar-refractivity contribution is 0.0466. The molecule has 3 aromatic rings. The third kappa shape index (κ3) is 4.59. The minimum Gasteiger partial charge on any atom is -0.462 e. The molecule has 9 nitrogen and oxygen atoms in total. The van der Waals surface area contributed by atoms with Crippen molar-refractivity contribution in [2.45, 2.75) is 32.7 Å². The number of nitrogens with one attached hydrogen (secondary N) is 1. The van der Waals surface area contributed by atoms with E-state index in [1.807, 2.05) is 0 Å². The lowest BCUT2D eigenvalue weighted by Gasteiger charge is -2.11. The Balaban J connectivity index is 1.82. The van der Waals surface area contributed by atoms with Crippen molar-refractivity contribution < 1.29 is 28.3 Å². The second-order valence-corrected chi connectivity index (χ2v) is 7.63. The van der Waals surface area contributed by atoms with Crippen LogP contribution in [0.25, 0.3) is 11.6 Å². The van der Waals surface area contributed by atoms with Gasteiger partial charge < -0.3 is 18.9 Å². The molecule has 0 fully saturated rings. The van der Waals surface area contributed by atoms with Gasteiger partial charge in [0.05, 0.1) is 29.7 Å². The van der Waals surface area contributed by atoms with Gasteiger partial charge in [-0.1, -0.05) is 0 Å². The zero-order valence-electron chi connectivity index (χ0n) is 18.4. The van der Waals surface area contributed by atoms with Crippen molar-refractivity contribution in [1.82, 2.24) is 15.0 Å². The molecular formula is C22H23N3O6S. The molecule has 0 spiro atoms. The van der Waals surface area contributed by atoms with Crippen molar-refractivity contribution in [2.24, 2.45) is 0 Å². The van der Waals surface area contributed by atoms with Gasteiger partial charge in [0.25, 0.3) is 0 Å². The number of nitrogens with zero attached hydrogens (tertiary/aromatic N) is 2. The van der Waals surface area contributed by atoms with Crippen molar-refractivity contribution in [3.8, 4) is 11.6 Å². The number of aromatic nitrogens is 3. The standard InChI is InChI=1S/C22H23N3O6S/c1-6-29-21(27)17-12(3)23-11(2)16(17)14(26)10-31-22(28)18-13(4)24-19(25-20(18)32-5)15-8-7-9-30-15/h7-9,23H,6,10H2,1-5H3. The molecule has 3 rings (SSSR count). The summed E-state index contributed by atoms with van der Waals surface area (Å²) in [5, 5.41) is 0.405. The van der Waals surface area contributed by atoms with Crippen molar-refractivity contribution in [1.29, 1.82) is 0 Å². The molecule has 0 atom stereocenters. The van der Waals surface area contributed by atoms with Crippen LogP contribution in [0.2, 0.25) is 0 Å². The molecule has 0 aliphatic carbocycles. The number of esters is 2. The lowest BCUT2D eigenvalue weighted by Crippen LogP contribution is -2.19. The van der Waals surface area contributed by atoms with E-state index in [0.29, 0.717) is 33.7 Å². The zero-order valence-corrected chi connectivity index (χ0v) is 19.2. The molecule has 3 heterocycles. The van der Waals surface area contributed by atoms with Gasteiger partial charge in [0.15, 0.2) is 18.2 Å². The smallest absolute Gasteiger partial charge is 0.343 e. The number of ether oxygens (including phenoxy) is 2. The van der Waals surface area contributed by atoms with E-state index in [1.54, 1.807) is 46.1 Å². The Morgan fingerprint density at radius 2 is 1.72 bits per heavy atom. The summed E-state index contributed by atoms with van der Waals surface area (Å²) in [4.78, 5) is 49.6. The van der Waals surface area contributed by atoms with Gasteiger partial charge in [0, 0.05) is 11.4 Å². The second kappa shape index (κ2) is 9.82. The van der Waals surface area contributed by atoms with Crippen LogP contribution in [-0.4, -0.2) is 52.1 Å². The number of hydrogen-bond donors (Lipinski definition) is 1. The molecular weight excluding hydrogens is 434 g/mol. The molecule has 32 heavy (non-hydrogen) atoms. The molecule has 1 N–H and O–H groups in total. The molecule has 168 valence electrons. The van der Waals surface area contributed by atoms with Gasteiger partial charge in [-0.3, -0.25) is 4.79 Å². The number of ketones is 1. The first kappa shape index (κ1) is 23.3. The number of carbonyl (C=O) groups excluding carboxylic acids is 3. The summed E-state index contributed by atoms with van der Waals surface area (Å²) in [5.41, 5.74) is 1.89. The SMILES string of the molecule is CCOC(=O)c1c(C)[nH]c(C)c1C(=O)COC(=O)c1c(C)nc(-c2ccco2)nc1SC. The fourth-order valence-electron chi connectivity index (χ4n) is 3.31. The number of aryl methyl sites for hydroxylation is 3. The van der Waals surface area contributed by atoms with Gasteiger partial charge in [0.1, 0.15) is 10.6 Å². The Labute approximate surface area is 188 Å². The number of H-pyrrole nitrogens is 1. The third-order valence-electron chi connectivity index (χ3n) is 4.66. The fourth-order valence-corrected chi connectivity index (χ4v) is 3.92. The molecule has 3 aromatic heterocycles. The number of furan rings is 1. The Morgan fingerprint density at radius 1 is 1.03 bits per heavy atom. The zero-order chi connectivity index (χ0) is 23.4. The monoisotopic (exact) mass is 457 g/mol. The predicted molar refractivity (Wildman–Crippen MR) is 117 cm³/mol. The minimum atomic E-state index is -0.728. The molecule has 0 saturated carbocycles. The molecule has 0 aliphatic rings. The maximum absolute atomic E-state index is 12.8. The highest BCUT2D eigenvalue weighted by Gasteiger charge is 2.27. The number of Topliss-reactive ketones (excluding diaryl/α,β-unsaturated/α-hetero) is 1. The van der Waals surface area contributed by atoms with Gasteiger partial charge in [-0.25, -0.2) is 19.6 Å². The van der Waals surface area contributed by atoms with Gasteiger partial charge in [-0.2, -0.15) is 0 Å². The molecule has 0 radical (unpaired) electrons. The van der Waals surface area contributed by atoms with E-state index in [0.717, 1.165) is 0 Å². The molecule has 0 aromatic carbocycles. The first-order chi connectivity index (χ1) is 15.3. The number of hydrogen-bond acceptors (Lipinski definition) is 9. The highest BCUT2D eigenvalue weighted by atomic mass is 32.2. The third-order valence-corrected chi connectivity index (χ3v) is 5.35. The largest absolute Gasteiger partial charge is 0.462 e. The van der Waals surface area contributed by atoms with Gasteiger partial charge in [-0.15, -0.1) is 11.8 Å². The van der Waals surface area contributed by atoms with Crippen molar-refractivity contribution >= 4 is 29.5 Å². The van der Waals surface area contributed by atoms with Crippen molar-refractivity contribution in [3.05, 3.63) is 52.2 Å². The summed E-state index contributed by atoms with van der Waals surface area (Å²) in [6, 6.07) is 3.44. The Hall–Kier alpha value is -3.40. The summed E-state index contributed by atoms with van der Waals surface area (Å²) >= 11 is 1.25. The maximum atomic E-state index is 12.8. The lowest BCUT2D eigenvalue weighted by atomic mass is 10.1. The Kier molecular flexibility index (Phi) is 7.14. The van der Waals surface area contributed by atoms with Crippen molar-refractivity contribution in [3.63, 3.8) is 0 Å². The van der Waals surface area contributed by atoms with Crippen LogP contribution in [-0.2, 0) is 9.47 Å². The maximum Gasteiger partial charge on any atom is 0.343 e. The first-order valence-corrected chi connectivity index (χ1v) is 11.0. The van der Waals surface area contributed by atoms with Crippen LogP contribution < -0.4 is 0 Å². The van der Waals surface area contributed by atoms with Crippen LogP contribution >= 0.6 is 11.8 Å². The van der Waals surface area contributed by atoms with E-state index in [9.17, 15) is 14.4 Å². The van der Waals surface area contributed by atoms with Crippen LogP contribution in [0.4, 0.5) is 0 Å². The summed E-state index contributed by atoms with van der Waals surface area (Å²) < 4.78 is 15.7. The fraction of sp³-hybridized carbons (Fsp3) is 0.318. The molecule has 0 bridgehead atoms. The molecule has 0 aliphatic heterocycles. The first-order valence-electron chi connectivity index (χ1n) is 9.81. The molecule has 0 unspecified atom stereocenters. The second-order valence-electron chi connectivity index (χ2n) is 6.84. The summed E-state index contributed by atoms with van der Waals surface area (Å²) in [5.74, 6) is -1.02. The number of rotatable bonds is 8. The summed E-state index contributed by atoms with van der Waals surface area (Å²) in [7, 11) is 0. The Morgan fingerprint density at radius 3 is 2.34 bits per heavy atom. The summed E-state index contributed by atoms with van der Waals surface area (Å²) in [6.45, 7) is 6.31. The summed E-state index contributed by atoms with van der Waals surface area (Å²) in [6.07, 6.45) is 3.28. The van der Waals surface area contributed by atoms with E-state index in [-0.39, 0.29) is 23.3 Å². The van der Waals surface area contributed by atoms with Gasteiger partial charge >= 0.3 is 11.9 Å². The van der Waals surface area contributed by atoms with E-state index in [2.05, 4.69) is 15.0 Å². The van der Waals surface area contributed by atoms with E-state index < -0.39 is 24.3 Å². The minimum absolute atomic E-state index is 0.150. The van der Waals surface area contributed by atoms with Crippen LogP contribution in [0.3, 0.4) is 0 Å². The van der Waals surface area contributed by atoms with Crippen LogP contribution in [0.1, 0.15) is 55.1 Å². The number of aromatic amines is 1. The highest BCUT2D eigenvalue weighted by Crippen LogP contribution is 2.26. The predicted octanol–water partition coefficient (Wildman–Crippen LogP) is 3.93. The quantitative estimate of drug-likeness (QED) is 0.232. The Bertz CT molecular complexity index is 1170. The van der Waals surface area contributed by atoms with E-state index >= 15 is 0 Å². The van der Waals surface area contributed by atoms with Crippen LogP contribution in [0, 0.1) is 20.8 Å². The normalized spacial score (nSPS) is 10.8. The highest BCUT2D eigenvalue weighted by molar-refractivity contribution is 7.98.